The second-order valence-corrected chi connectivity index (χ2v) is 6.46. The molecule has 0 spiro atoms. The smallest absolute Gasteiger partial charge is 0.338 e. The second kappa shape index (κ2) is 9.23. The van der Waals surface area contributed by atoms with Gasteiger partial charge in [-0.15, -0.1) is 0 Å². The monoisotopic (exact) mass is 384 g/mol. The van der Waals surface area contributed by atoms with Crippen LogP contribution >= 0.6 is 0 Å². The van der Waals surface area contributed by atoms with Gasteiger partial charge in [-0.2, -0.15) is 0 Å². The number of carbonyl (C=O) groups excluding carboxylic acids is 2. The number of hydrogen-bond donors (Lipinski definition) is 1. The third-order valence-corrected chi connectivity index (χ3v) is 4.51. The molecule has 2 aromatic carbocycles. The molecular weight excluding hydrogens is 360 g/mol. The van der Waals surface area contributed by atoms with Gasteiger partial charge in [0.25, 0.3) is 5.91 Å². The molecule has 0 aromatic heterocycles. The normalized spacial score (nSPS) is 13.7. The average molecular weight is 384 g/mol. The van der Waals surface area contributed by atoms with E-state index in [1.165, 1.54) is 7.11 Å². The van der Waals surface area contributed by atoms with Crippen LogP contribution < -0.4 is 15.0 Å². The van der Waals surface area contributed by atoms with Crippen LogP contribution in [0.2, 0.25) is 0 Å². The summed E-state index contributed by atoms with van der Waals surface area (Å²) in [5.74, 6) is -0.373. The van der Waals surface area contributed by atoms with E-state index < -0.39 is 11.9 Å². The molecule has 0 unspecified atom stereocenters. The Morgan fingerprint density at radius 2 is 1.82 bits per heavy atom. The number of anilines is 2. The molecule has 1 saturated heterocycles. The number of amides is 1. The highest BCUT2D eigenvalue weighted by Crippen LogP contribution is 2.20. The summed E-state index contributed by atoms with van der Waals surface area (Å²) in [6, 6.07) is 12.6. The molecule has 0 radical (unpaired) electrons. The Balaban J connectivity index is 1.50. The summed E-state index contributed by atoms with van der Waals surface area (Å²) in [5, 5.41) is 2.73. The Labute approximate surface area is 164 Å². The van der Waals surface area contributed by atoms with Gasteiger partial charge in [-0.25, -0.2) is 4.79 Å². The molecule has 1 heterocycles. The number of morpholine rings is 1. The third-order valence-electron chi connectivity index (χ3n) is 4.51. The number of methoxy groups -OCH3 is 1. The maximum atomic E-state index is 12.1. The van der Waals surface area contributed by atoms with Crippen LogP contribution in [-0.4, -0.2) is 51.9 Å². The van der Waals surface area contributed by atoms with Crippen molar-refractivity contribution in [1.29, 1.82) is 0 Å². The Bertz CT molecular complexity index is 829. The highest BCUT2D eigenvalue weighted by molar-refractivity contribution is 5.95. The molecule has 3 rings (SSSR count). The second-order valence-electron chi connectivity index (χ2n) is 6.46. The standard InChI is InChI=1S/C21H24N2O5/c1-15-3-4-16(13-19(15)26-2)21(25)28-14-20(24)22-17-5-7-18(8-6-17)23-9-11-27-12-10-23/h3-8,13H,9-12,14H2,1-2H3,(H,22,24). The van der Waals surface area contributed by atoms with Gasteiger partial charge in [-0.05, 0) is 48.9 Å². The van der Waals surface area contributed by atoms with Crippen LogP contribution in [0.15, 0.2) is 42.5 Å². The first-order valence-electron chi connectivity index (χ1n) is 9.11. The molecular formula is C21H24N2O5. The first-order valence-corrected chi connectivity index (χ1v) is 9.11. The predicted molar refractivity (Wildman–Crippen MR) is 106 cm³/mol. The van der Waals surface area contributed by atoms with Gasteiger partial charge in [0.2, 0.25) is 0 Å². The zero-order valence-electron chi connectivity index (χ0n) is 16.1. The maximum absolute atomic E-state index is 12.1. The quantitative estimate of drug-likeness (QED) is 0.772. The van der Waals surface area contributed by atoms with Crippen molar-refractivity contribution in [2.75, 3.05) is 50.2 Å². The maximum Gasteiger partial charge on any atom is 0.338 e. The molecule has 0 atom stereocenters. The number of carbonyl (C=O) groups is 2. The zero-order chi connectivity index (χ0) is 19.9. The average Bonchev–Trinajstić information content (AvgIpc) is 2.73. The number of esters is 1. The molecule has 148 valence electrons. The highest BCUT2D eigenvalue weighted by Gasteiger charge is 2.13. The van der Waals surface area contributed by atoms with Crippen molar-refractivity contribution in [3.8, 4) is 5.75 Å². The number of hydrogen-bond acceptors (Lipinski definition) is 6. The first-order chi connectivity index (χ1) is 13.6. The van der Waals surface area contributed by atoms with Gasteiger partial charge in [-0.3, -0.25) is 4.79 Å². The number of benzene rings is 2. The Morgan fingerprint density at radius 1 is 1.11 bits per heavy atom. The molecule has 1 N–H and O–H groups in total. The summed E-state index contributed by atoms with van der Waals surface area (Å²) in [5.41, 5.74) is 2.98. The molecule has 1 aliphatic rings. The van der Waals surface area contributed by atoms with Gasteiger partial charge >= 0.3 is 5.97 Å². The topological polar surface area (TPSA) is 77.1 Å². The van der Waals surface area contributed by atoms with Crippen molar-refractivity contribution < 1.29 is 23.8 Å². The Kier molecular flexibility index (Phi) is 6.49. The minimum atomic E-state index is -0.573. The van der Waals surface area contributed by atoms with Gasteiger partial charge in [-0.1, -0.05) is 6.07 Å². The zero-order valence-corrected chi connectivity index (χ0v) is 16.1. The van der Waals surface area contributed by atoms with E-state index in [2.05, 4.69) is 10.2 Å². The van der Waals surface area contributed by atoms with Gasteiger partial charge in [0.05, 0.1) is 25.9 Å². The fraction of sp³-hybridized carbons (Fsp3) is 0.333. The van der Waals surface area contributed by atoms with Crippen LogP contribution in [0.25, 0.3) is 0 Å². The van der Waals surface area contributed by atoms with Crippen molar-refractivity contribution in [3.05, 3.63) is 53.6 Å². The summed E-state index contributed by atoms with van der Waals surface area (Å²) in [6.45, 7) is 4.66. The summed E-state index contributed by atoms with van der Waals surface area (Å²) >= 11 is 0. The van der Waals surface area contributed by atoms with E-state index in [0.29, 0.717) is 17.0 Å². The molecule has 0 saturated carbocycles. The summed E-state index contributed by atoms with van der Waals surface area (Å²) < 4.78 is 15.6. The molecule has 0 bridgehead atoms. The van der Waals surface area contributed by atoms with E-state index in [-0.39, 0.29) is 6.61 Å². The molecule has 0 aliphatic carbocycles. The fourth-order valence-electron chi connectivity index (χ4n) is 2.94. The molecule has 1 amide bonds. The summed E-state index contributed by atoms with van der Waals surface area (Å²) in [7, 11) is 1.54. The summed E-state index contributed by atoms with van der Waals surface area (Å²) in [4.78, 5) is 26.4. The van der Waals surface area contributed by atoms with Gasteiger partial charge < -0.3 is 24.4 Å². The van der Waals surface area contributed by atoms with E-state index in [9.17, 15) is 9.59 Å². The Morgan fingerprint density at radius 3 is 2.50 bits per heavy atom. The molecule has 28 heavy (non-hydrogen) atoms. The van der Waals surface area contributed by atoms with E-state index >= 15 is 0 Å². The molecule has 2 aromatic rings. The molecule has 7 nitrogen and oxygen atoms in total. The van der Waals surface area contributed by atoms with Gasteiger partial charge in [0, 0.05) is 24.5 Å². The molecule has 1 fully saturated rings. The lowest BCUT2D eigenvalue weighted by Crippen LogP contribution is -2.36. The summed E-state index contributed by atoms with van der Waals surface area (Å²) in [6.07, 6.45) is 0. The van der Waals surface area contributed by atoms with Crippen molar-refractivity contribution in [2.24, 2.45) is 0 Å². The number of aryl methyl sites for hydroxylation is 1. The van der Waals surface area contributed by atoms with Crippen molar-refractivity contribution in [2.45, 2.75) is 6.92 Å². The van der Waals surface area contributed by atoms with E-state index in [1.54, 1.807) is 18.2 Å². The van der Waals surface area contributed by atoms with E-state index in [1.807, 2.05) is 31.2 Å². The lowest BCUT2D eigenvalue weighted by molar-refractivity contribution is -0.119. The predicted octanol–water partition coefficient (Wildman–Crippen LogP) is 2.64. The lowest BCUT2D eigenvalue weighted by atomic mass is 10.1. The van der Waals surface area contributed by atoms with Gasteiger partial charge in [0.15, 0.2) is 6.61 Å². The van der Waals surface area contributed by atoms with Crippen LogP contribution in [0.5, 0.6) is 5.75 Å². The third kappa shape index (κ3) is 5.01. The van der Waals surface area contributed by atoms with Crippen molar-refractivity contribution in [1.82, 2.24) is 0 Å². The van der Waals surface area contributed by atoms with Crippen molar-refractivity contribution in [3.63, 3.8) is 0 Å². The number of nitrogens with zero attached hydrogens (tertiary/aromatic N) is 1. The number of nitrogens with one attached hydrogen (secondary N) is 1. The van der Waals surface area contributed by atoms with Crippen LogP contribution in [0.1, 0.15) is 15.9 Å². The minimum absolute atomic E-state index is 0.338. The number of rotatable bonds is 6. The SMILES string of the molecule is COc1cc(C(=O)OCC(=O)Nc2ccc(N3CCOCC3)cc2)ccc1C. The van der Waals surface area contributed by atoms with Crippen LogP contribution in [0.3, 0.4) is 0 Å². The first kappa shape index (κ1) is 19.7. The number of ether oxygens (including phenoxy) is 3. The molecule has 7 heteroatoms. The highest BCUT2D eigenvalue weighted by atomic mass is 16.5. The fourth-order valence-corrected chi connectivity index (χ4v) is 2.94. The van der Waals surface area contributed by atoms with E-state index in [0.717, 1.165) is 37.6 Å². The van der Waals surface area contributed by atoms with Crippen molar-refractivity contribution >= 4 is 23.3 Å². The van der Waals surface area contributed by atoms with Gasteiger partial charge in [0.1, 0.15) is 5.75 Å². The minimum Gasteiger partial charge on any atom is -0.496 e. The Hall–Kier alpha value is -3.06. The van der Waals surface area contributed by atoms with Crippen LogP contribution in [-0.2, 0) is 14.3 Å². The van der Waals surface area contributed by atoms with Crippen LogP contribution in [0.4, 0.5) is 11.4 Å². The largest absolute Gasteiger partial charge is 0.496 e. The molecule has 1 aliphatic heterocycles. The van der Waals surface area contributed by atoms with Crippen LogP contribution in [0, 0.1) is 6.92 Å². The lowest BCUT2D eigenvalue weighted by Gasteiger charge is -2.28. The van der Waals surface area contributed by atoms with E-state index in [4.69, 9.17) is 14.2 Å².